The molecule has 1 N–H and O–H groups in total. The highest BCUT2D eigenvalue weighted by Gasteiger charge is 2.06. The summed E-state index contributed by atoms with van der Waals surface area (Å²) in [5.74, 6) is 0.669. The van der Waals surface area contributed by atoms with E-state index in [1.54, 1.807) is 23.0 Å². The zero-order chi connectivity index (χ0) is 14.8. The van der Waals surface area contributed by atoms with Crippen LogP contribution in [0.5, 0.6) is 0 Å². The molecule has 1 heterocycles. The summed E-state index contributed by atoms with van der Waals surface area (Å²) in [4.78, 5) is 0. The van der Waals surface area contributed by atoms with Crippen molar-refractivity contribution in [1.82, 2.24) is 9.78 Å². The molecule has 3 aromatic rings. The normalized spacial score (nSPS) is 10.6. The van der Waals surface area contributed by atoms with Gasteiger partial charge in [0.1, 0.15) is 11.6 Å². The van der Waals surface area contributed by atoms with Gasteiger partial charge < -0.3 is 5.32 Å². The predicted octanol–water partition coefficient (Wildman–Crippen LogP) is 4.73. The van der Waals surface area contributed by atoms with Crippen molar-refractivity contribution in [2.45, 2.75) is 0 Å². The van der Waals surface area contributed by atoms with Crippen LogP contribution in [0.25, 0.3) is 11.1 Å². The van der Waals surface area contributed by atoms with Crippen LogP contribution in [-0.2, 0) is 7.05 Å². The molecular formula is C16H13BrFN3. The first-order valence-electron chi connectivity index (χ1n) is 6.44. The van der Waals surface area contributed by atoms with Crippen LogP contribution in [0, 0.1) is 5.82 Å². The molecule has 0 radical (unpaired) electrons. The first kappa shape index (κ1) is 13.8. The Morgan fingerprint density at radius 3 is 2.10 bits per heavy atom. The van der Waals surface area contributed by atoms with Gasteiger partial charge in [-0.05, 0) is 51.3 Å². The number of nitrogens with one attached hydrogen (secondary N) is 1. The van der Waals surface area contributed by atoms with Crippen LogP contribution >= 0.6 is 15.9 Å². The van der Waals surface area contributed by atoms with E-state index in [4.69, 9.17) is 0 Å². The topological polar surface area (TPSA) is 29.9 Å². The third kappa shape index (κ3) is 2.97. The lowest BCUT2D eigenvalue weighted by molar-refractivity contribution is 0.628. The third-order valence-corrected chi connectivity index (χ3v) is 3.80. The minimum absolute atomic E-state index is 0.224. The number of halogens is 2. The Morgan fingerprint density at radius 1 is 1.00 bits per heavy atom. The van der Waals surface area contributed by atoms with E-state index >= 15 is 0 Å². The number of aryl methyl sites for hydroxylation is 1. The van der Waals surface area contributed by atoms with Crippen LogP contribution in [0.3, 0.4) is 0 Å². The maximum absolute atomic E-state index is 12.9. The zero-order valence-corrected chi connectivity index (χ0v) is 12.9. The Hall–Kier alpha value is -2.14. The second-order valence-corrected chi connectivity index (χ2v) is 5.53. The molecule has 5 heteroatoms. The van der Waals surface area contributed by atoms with Gasteiger partial charge in [0.15, 0.2) is 0 Å². The standard InChI is InChI=1S/C16H13BrFN3/c1-21-16(15(17)10-19-21)20-14-8-4-12(5-9-14)11-2-6-13(18)7-3-11/h2-10,20H,1H3. The zero-order valence-electron chi connectivity index (χ0n) is 11.3. The van der Waals surface area contributed by atoms with E-state index in [-0.39, 0.29) is 5.82 Å². The largest absolute Gasteiger partial charge is 0.340 e. The van der Waals surface area contributed by atoms with E-state index in [1.165, 1.54) is 12.1 Å². The molecule has 0 aliphatic carbocycles. The van der Waals surface area contributed by atoms with Crippen LogP contribution in [0.4, 0.5) is 15.9 Å². The Labute approximate surface area is 130 Å². The molecule has 0 saturated heterocycles. The molecule has 0 aliphatic rings. The smallest absolute Gasteiger partial charge is 0.142 e. The third-order valence-electron chi connectivity index (χ3n) is 3.22. The molecule has 0 unspecified atom stereocenters. The van der Waals surface area contributed by atoms with Crippen molar-refractivity contribution in [2.24, 2.45) is 7.05 Å². The van der Waals surface area contributed by atoms with Crippen molar-refractivity contribution in [3.63, 3.8) is 0 Å². The van der Waals surface area contributed by atoms with E-state index in [1.807, 2.05) is 31.3 Å². The van der Waals surface area contributed by atoms with E-state index in [9.17, 15) is 4.39 Å². The first-order chi connectivity index (χ1) is 10.1. The Morgan fingerprint density at radius 2 is 1.57 bits per heavy atom. The monoisotopic (exact) mass is 345 g/mol. The summed E-state index contributed by atoms with van der Waals surface area (Å²) in [6.07, 6.45) is 1.75. The van der Waals surface area contributed by atoms with Crippen molar-refractivity contribution in [1.29, 1.82) is 0 Å². The van der Waals surface area contributed by atoms with Gasteiger partial charge in [0.2, 0.25) is 0 Å². The highest BCUT2D eigenvalue weighted by molar-refractivity contribution is 9.10. The number of anilines is 2. The van der Waals surface area contributed by atoms with Crippen molar-refractivity contribution >= 4 is 27.4 Å². The van der Waals surface area contributed by atoms with Gasteiger partial charge in [-0.2, -0.15) is 5.10 Å². The van der Waals surface area contributed by atoms with Crippen molar-refractivity contribution < 1.29 is 4.39 Å². The fraction of sp³-hybridized carbons (Fsp3) is 0.0625. The van der Waals surface area contributed by atoms with E-state index in [0.717, 1.165) is 27.1 Å². The average molecular weight is 346 g/mol. The van der Waals surface area contributed by atoms with E-state index < -0.39 is 0 Å². The van der Waals surface area contributed by atoms with Gasteiger partial charge in [-0.3, -0.25) is 4.68 Å². The Bertz CT molecular complexity index is 729. The second kappa shape index (κ2) is 5.69. The first-order valence-corrected chi connectivity index (χ1v) is 7.23. The minimum atomic E-state index is -0.224. The number of hydrogen-bond donors (Lipinski definition) is 1. The summed E-state index contributed by atoms with van der Waals surface area (Å²) in [7, 11) is 1.87. The summed E-state index contributed by atoms with van der Waals surface area (Å²) < 4.78 is 15.6. The summed E-state index contributed by atoms with van der Waals surface area (Å²) in [5, 5.41) is 7.46. The maximum atomic E-state index is 12.9. The molecule has 3 rings (SSSR count). The van der Waals surface area contributed by atoms with Crippen LogP contribution in [0.15, 0.2) is 59.2 Å². The lowest BCUT2D eigenvalue weighted by atomic mass is 10.1. The summed E-state index contributed by atoms with van der Waals surface area (Å²) in [5.41, 5.74) is 3.00. The molecule has 2 aromatic carbocycles. The summed E-state index contributed by atoms with van der Waals surface area (Å²) in [6, 6.07) is 14.4. The molecule has 0 fully saturated rings. The fourth-order valence-corrected chi connectivity index (χ4v) is 2.52. The fourth-order valence-electron chi connectivity index (χ4n) is 2.08. The molecule has 21 heavy (non-hydrogen) atoms. The van der Waals surface area contributed by atoms with Gasteiger partial charge in [-0.15, -0.1) is 0 Å². The van der Waals surface area contributed by atoms with Crippen LogP contribution in [-0.4, -0.2) is 9.78 Å². The molecule has 0 spiro atoms. The van der Waals surface area contributed by atoms with Gasteiger partial charge in [0.05, 0.1) is 10.7 Å². The summed E-state index contributed by atoms with van der Waals surface area (Å²) in [6.45, 7) is 0. The lowest BCUT2D eigenvalue weighted by Gasteiger charge is -2.08. The van der Waals surface area contributed by atoms with Gasteiger partial charge in [-0.1, -0.05) is 24.3 Å². The predicted molar refractivity (Wildman–Crippen MR) is 86.0 cm³/mol. The SMILES string of the molecule is Cn1ncc(Br)c1Nc1ccc(-c2ccc(F)cc2)cc1. The number of benzene rings is 2. The van der Waals surface area contributed by atoms with Crippen LogP contribution in [0.1, 0.15) is 0 Å². The maximum Gasteiger partial charge on any atom is 0.142 e. The van der Waals surface area contributed by atoms with Gasteiger partial charge in [0.25, 0.3) is 0 Å². The molecule has 0 bridgehead atoms. The van der Waals surface area contributed by atoms with Crippen LogP contribution < -0.4 is 5.32 Å². The van der Waals surface area contributed by atoms with Crippen molar-refractivity contribution in [3.8, 4) is 11.1 Å². The van der Waals surface area contributed by atoms with Crippen molar-refractivity contribution in [3.05, 3.63) is 65.0 Å². The quantitative estimate of drug-likeness (QED) is 0.743. The minimum Gasteiger partial charge on any atom is -0.340 e. The molecule has 3 nitrogen and oxygen atoms in total. The van der Waals surface area contributed by atoms with Gasteiger partial charge in [0, 0.05) is 12.7 Å². The molecule has 0 saturated carbocycles. The summed E-state index contributed by atoms with van der Waals surface area (Å²) >= 11 is 3.45. The Balaban J connectivity index is 1.83. The highest BCUT2D eigenvalue weighted by Crippen LogP contribution is 2.27. The van der Waals surface area contributed by atoms with E-state index in [0.29, 0.717) is 0 Å². The van der Waals surface area contributed by atoms with Crippen LogP contribution in [0.2, 0.25) is 0 Å². The molecule has 0 aliphatic heterocycles. The molecule has 106 valence electrons. The highest BCUT2D eigenvalue weighted by atomic mass is 79.9. The van der Waals surface area contributed by atoms with Crippen molar-refractivity contribution in [2.75, 3.05) is 5.32 Å². The number of nitrogens with zero attached hydrogens (tertiary/aromatic N) is 2. The average Bonchev–Trinajstić information content (AvgIpc) is 2.81. The Kier molecular flexibility index (Phi) is 3.75. The number of rotatable bonds is 3. The van der Waals surface area contributed by atoms with Gasteiger partial charge >= 0.3 is 0 Å². The molecular weight excluding hydrogens is 333 g/mol. The van der Waals surface area contributed by atoms with Gasteiger partial charge in [-0.25, -0.2) is 4.39 Å². The lowest BCUT2D eigenvalue weighted by Crippen LogP contribution is -1.99. The number of aromatic nitrogens is 2. The molecule has 1 aromatic heterocycles. The second-order valence-electron chi connectivity index (χ2n) is 4.67. The molecule has 0 amide bonds. The van der Waals surface area contributed by atoms with E-state index in [2.05, 4.69) is 26.3 Å². The molecule has 0 atom stereocenters. The number of hydrogen-bond acceptors (Lipinski definition) is 2.